The van der Waals surface area contributed by atoms with Gasteiger partial charge in [-0.3, -0.25) is 19.4 Å². The number of hydrogen-bond acceptors (Lipinski definition) is 12. The van der Waals surface area contributed by atoms with E-state index in [-0.39, 0.29) is 71.4 Å². The summed E-state index contributed by atoms with van der Waals surface area (Å²) in [6, 6.07) is 22.7. The van der Waals surface area contributed by atoms with Gasteiger partial charge in [0.25, 0.3) is 11.8 Å². The monoisotopic (exact) mass is 988 g/mol. The van der Waals surface area contributed by atoms with Gasteiger partial charge in [0.15, 0.2) is 13.5 Å². The fraction of sp³-hybridized carbons (Fsp3) is 0.277. The number of carbonyl (C=O) groups excluding carboxylic acids is 2. The number of hydrogen-bond donors (Lipinski definition) is 3. The van der Waals surface area contributed by atoms with E-state index in [1.54, 1.807) is 36.4 Å². The van der Waals surface area contributed by atoms with Gasteiger partial charge in [0.2, 0.25) is 23.7 Å². The predicted octanol–water partition coefficient (Wildman–Crippen LogP) is 10.6. The minimum atomic E-state index is -0.324. The highest BCUT2D eigenvalue weighted by Gasteiger charge is 2.34. The van der Waals surface area contributed by atoms with Crippen molar-refractivity contribution in [1.82, 2.24) is 30.2 Å². The molecule has 2 amide bonds. The molecule has 4 aliphatic heterocycles. The summed E-state index contributed by atoms with van der Waals surface area (Å²) < 4.78 is 11.5. The van der Waals surface area contributed by atoms with E-state index in [4.69, 9.17) is 55.9 Å². The van der Waals surface area contributed by atoms with E-state index in [0.717, 1.165) is 37.6 Å². The maximum Gasteiger partial charge on any atom is 0.268 e. The lowest BCUT2D eigenvalue weighted by atomic mass is 9.78. The van der Waals surface area contributed by atoms with E-state index in [1.165, 1.54) is 44.4 Å². The summed E-state index contributed by atoms with van der Waals surface area (Å²) in [7, 11) is 2.13. The molecular formula is C47H45Cl5N10O4. The lowest BCUT2D eigenvalue weighted by Gasteiger charge is -2.38. The molecule has 66 heavy (non-hydrogen) atoms. The Balaban J connectivity index is 0.000000177. The quantitative estimate of drug-likeness (QED) is 0.146. The minimum Gasteiger partial charge on any atom is -0.455 e. The number of amides is 2. The molecule has 0 fully saturated rings. The van der Waals surface area contributed by atoms with E-state index in [1.807, 2.05) is 12.1 Å². The number of halogens is 5. The van der Waals surface area contributed by atoms with Crippen LogP contribution in [0.5, 0.6) is 11.8 Å². The first-order valence-corrected chi connectivity index (χ1v) is 22.3. The molecule has 0 saturated carbocycles. The Hall–Kier alpha value is -5.45. The number of aromatic nitrogens is 4. The number of nitrogens with zero attached hydrogens (tertiary/aromatic N) is 7. The topological polar surface area (TPSA) is 150 Å². The Morgan fingerprint density at radius 3 is 1.59 bits per heavy atom. The first-order valence-electron chi connectivity index (χ1n) is 20.8. The highest BCUT2D eigenvalue weighted by atomic mass is 35.5. The molecule has 0 radical (unpaired) electrons. The molecule has 6 heterocycles. The van der Waals surface area contributed by atoms with E-state index in [2.05, 4.69) is 99.8 Å². The minimum absolute atomic E-state index is 0. The third-order valence-electron chi connectivity index (χ3n) is 11.7. The summed E-state index contributed by atoms with van der Waals surface area (Å²) >= 11 is 25.1. The molecule has 6 aromatic rings. The highest BCUT2D eigenvalue weighted by molar-refractivity contribution is 6.41. The van der Waals surface area contributed by atoms with Crippen molar-refractivity contribution in [3.8, 4) is 11.8 Å². The molecule has 342 valence electrons. The molecule has 0 bridgehead atoms. The summed E-state index contributed by atoms with van der Waals surface area (Å²) in [5.74, 6) is 0.494. The van der Waals surface area contributed by atoms with Gasteiger partial charge in [0, 0.05) is 60.8 Å². The second kappa shape index (κ2) is 18.7. The van der Waals surface area contributed by atoms with Crippen molar-refractivity contribution in [2.24, 2.45) is 0 Å². The van der Waals surface area contributed by atoms with Gasteiger partial charge in [0.05, 0.1) is 31.5 Å². The van der Waals surface area contributed by atoms with E-state index in [0.29, 0.717) is 43.4 Å². The molecule has 3 N–H and O–H groups in total. The zero-order chi connectivity index (χ0) is 45.8. The van der Waals surface area contributed by atoms with Crippen LogP contribution in [-0.2, 0) is 23.9 Å². The Kier molecular flexibility index (Phi) is 13.3. The molecule has 4 aliphatic rings. The summed E-state index contributed by atoms with van der Waals surface area (Å²) in [6.07, 6.45) is 2.91. The van der Waals surface area contributed by atoms with Crippen LogP contribution >= 0.6 is 58.8 Å². The predicted molar refractivity (Wildman–Crippen MR) is 262 cm³/mol. The number of likely N-dealkylation sites (N-methyl/N-ethyl adjacent to an activating group) is 1. The van der Waals surface area contributed by atoms with Crippen LogP contribution in [-0.4, -0.2) is 70.2 Å². The standard InChI is InChI=1S/C24H23Cl2N5O2.C23H21Cl2N5O2.ClH/c1-24(2)12-30(3)11-14-9-15(7-8-17(14)24)28-23-27-10-16-21(29-23)33-13-31(22(16)32)20-18(25)5-4-6-19(20)26;1-23(2)11-26-9-13-8-14(6-7-16(13)23)28-22-27-10-15-20(29-22)32-12-30(21(15)31)19-17(24)4-3-5-18(19)25;/h4-10H,11-13H2,1-3H3,(H,27,28,29);3-8,10,26H,9,11-12H2,1-2H3,(H,27,28,29);1H. The second-order valence-corrected chi connectivity index (χ2v) is 19.1. The van der Waals surface area contributed by atoms with Gasteiger partial charge in [-0.25, -0.2) is 9.97 Å². The molecule has 0 atom stereocenters. The van der Waals surface area contributed by atoms with Gasteiger partial charge in [-0.1, -0.05) is 98.4 Å². The summed E-state index contributed by atoms with van der Waals surface area (Å²) in [6.45, 7) is 12.5. The van der Waals surface area contributed by atoms with Gasteiger partial charge >= 0.3 is 0 Å². The number of ether oxygens (including phenoxy) is 2. The van der Waals surface area contributed by atoms with Crippen molar-refractivity contribution in [1.29, 1.82) is 0 Å². The largest absolute Gasteiger partial charge is 0.455 e. The normalized spacial score (nSPS) is 16.7. The van der Waals surface area contributed by atoms with Crippen molar-refractivity contribution in [3.05, 3.63) is 139 Å². The van der Waals surface area contributed by atoms with Gasteiger partial charge in [0.1, 0.15) is 11.1 Å². The van der Waals surface area contributed by atoms with Gasteiger partial charge in [-0.2, -0.15) is 9.97 Å². The van der Waals surface area contributed by atoms with Gasteiger partial charge in [-0.05, 0) is 77.8 Å². The van der Waals surface area contributed by atoms with Gasteiger partial charge < -0.3 is 30.3 Å². The Labute approximate surface area is 408 Å². The second-order valence-electron chi connectivity index (χ2n) is 17.5. The number of rotatable bonds is 6. The molecule has 19 heteroatoms. The van der Waals surface area contributed by atoms with Crippen LogP contribution in [0.4, 0.5) is 34.6 Å². The number of anilines is 6. The maximum absolute atomic E-state index is 13.1. The molecular weight excluding hydrogens is 946 g/mol. The SMILES string of the molecule is CC1(C)CNCc2cc(Nc3ncc4c(n3)OCN(c3c(Cl)cccc3Cl)C4=O)ccc21.CN1Cc2cc(Nc3ncc4c(n3)OCN(c3c(Cl)cccc3Cl)C4=O)ccc2C(C)(C)C1.Cl. The highest BCUT2D eigenvalue weighted by Crippen LogP contribution is 2.40. The number of para-hydroxylation sites is 2. The van der Waals surface area contributed by atoms with Crippen molar-refractivity contribution < 1.29 is 19.1 Å². The van der Waals surface area contributed by atoms with Gasteiger partial charge in [-0.15, -0.1) is 12.4 Å². The van der Waals surface area contributed by atoms with Crippen molar-refractivity contribution in [2.45, 2.75) is 51.6 Å². The molecule has 0 saturated heterocycles. The Morgan fingerprint density at radius 1 is 0.652 bits per heavy atom. The summed E-state index contributed by atoms with van der Waals surface area (Å²) in [5, 5.41) is 11.4. The van der Waals surface area contributed by atoms with Crippen LogP contribution in [0.2, 0.25) is 20.1 Å². The zero-order valence-electron chi connectivity index (χ0n) is 36.5. The summed E-state index contributed by atoms with van der Waals surface area (Å²) in [5.41, 5.74) is 8.42. The summed E-state index contributed by atoms with van der Waals surface area (Å²) in [4.78, 5) is 48.7. The lowest BCUT2D eigenvalue weighted by molar-refractivity contribution is 0.0924. The fourth-order valence-corrected chi connectivity index (χ4v) is 9.96. The lowest BCUT2D eigenvalue weighted by Crippen LogP contribution is -2.40. The molecule has 10 rings (SSSR count). The van der Waals surface area contributed by atoms with Crippen molar-refractivity contribution in [3.63, 3.8) is 0 Å². The number of nitrogens with one attached hydrogen (secondary N) is 3. The van der Waals surface area contributed by atoms with E-state index < -0.39 is 0 Å². The van der Waals surface area contributed by atoms with Crippen LogP contribution in [0.15, 0.2) is 85.2 Å². The average Bonchev–Trinajstić information content (AvgIpc) is 3.24. The van der Waals surface area contributed by atoms with E-state index >= 15 is 0 Å². The number of fused-ring (bicyclic) bond motifs is 4. The Bertz CT molecular complexity index is 2840. The number of benzene rings is 4. The molecule has 0 unspecified atom stereocenters. The molecule has 0 spiro atoms. The van der Waals surface area contributed by atoms with Crippen LogP contribution in [0.1, 0.15) is 70.7 Å². The van der Waals surface area contributed by atoms with Crippen LogP contribution < -0.4 is 35.2 Å². The molecule has 4 aromatic carbocycles. The van der Waals surface area contributed by atoms with Crippen LogP contribution in [0.3, 0.4) is 0 Å². The fourth-order valence-electron chi connectivity index (χ4n) is 8.76. The maximum atomic E-state index is 13.1. The molecule has 14 nitrogen and oxygen atoms in total. The average molecular weight is 991 g/mol. The molecule has 0 aliphatic carbocycles. The molecule has 2 aromatic heterocycles. The smallest absolute Gasteiger partial charge is 0.268 e. The number of carbonyl (C=O) groups is 2. The first-order chi connectivity index (χ1) is 31.1. The van der Waals surface area contributed by atoms with E-state index in [9.17, 15) is 9.59 Å². The third kappa shape index (κ3) is 9.28. The van der Waals surface area contributed by atoms with Crippen molar-refractivity contribution >= 4 is 105 Å². The van der Waals surface area contributed by atoms with Crippen LogP contribution in [0, 0.1) is 0 Å². The van der Waals surface area contributed by atoms with Crippen molar-refractivity contribution in [2.75, 3.05) is 54.0 Å². The first kappa shape index (κ1) is 47.1. The third-order valence-corrected chi connectivity index (χ3v) is 12.9. The zero-order valence-corrected chi connectivity index (χ0v) is 40.3. The van der Waals surface area contributed by atoms with Crippen LogP contribution in [0.25, 0.3) is 0 Å². The Morgan fingerprint density at radius 2 is 1.11 bits per heavy atom.